The van der Waals surface area contributed by atoms with Crippen LogP contribution in [-0.2, 0) is 16.2 Å². The van der Waals surface area contributed by atoms with Crippen molar-refractivity contribution in [1.29, 1.82) is 0 Å². The highest BCUT2D eigenvalue weighted by Crippen LogP contribution is 2.32. The summed E-state index contributed by atoms with van der Waals surface area (Å²) in [7, 11) is -2.71. The average Bonchev–Trinajstić information content (AvgIpc) is 2.46. The molecule has 2 rings (SSSR count). The summed E-state index contributed by atoms with van der Waals surface area (Å²) >= 11 is 5.86. The summed E-state index contributed by atoms with van der Waals surface area (Å²) < 4.78 is 69.4. The van der Waals surface area contributed by atoms with Gasteiger partial charge in [-0.25, -0.2) is 8.42 Å². The minimum Gasteiger partial charge on any atom is -0.495 e. The van der Waals surface area contributed by atoms with Crippen LogP contribution in [-0.4, -0.2) is 15.5 Å². The molecule has 0 unspecified atom stereocenters. The third kappa shape index (κ3) is 4.08. The number of rotatable bonds is 4. The summed E-state index contributed by atoms with van der Waals surface area (Å²) in [5.74, 6) is 0.282. The van der Waals surface area contributed by atoms with Gasteiger partial charge in [0.15, 0.2) is 0 Å². The van der Waals surface area contributed by atoms with Gasteiger partial charge in [-0.05, 0) is 36.4 Å². The van der Waals surface area contributed by atoms with Crippen molar-refractivity contribution < 1.29 is 26.3 Å². The molecule has 23 heavy (non-hydrogen) atoms. The van der Waals surface area contributed by atoms with Gasteiger partial charge in [-0.15, -0.1) is 0 Å². The molecule has 0 aromatic heterocycles. The van der Waals surface area contributed by atoms with Gasteiger partial charge in [-0.1, -0.05) is 17.7 Å². The molecule has 0 aliphatic carbocycles. The number of nitrogens with one attached hydrogen (secondary N) is 1. The first-order chi connectivity index (χ1) is 10.6. The van der Waals surface area contributed by atoms with Crippen molar-refractivity contribution in [2.45, 2.75) is 11.1 Å². The van der Waals surface area contributed by atoms with E-state index in [1.807, 2.05) is 0 Å². The maximum Gasteiger partial charge on any atom is 0.416 e. The SMILES string of the molecule is COc1ccc(S(=O)(=O)Nc2cccc(C(F)(F)F)c2)cc1Cl. The zero-order chi connectivity index (χ0) is 17.3. The molecule has 0 spiro atoms. The molecule has 0 bridgehead atoms. The van der Waals surface area contributed by atoms with Crippen LogP contribution in [0.4, 0.5) is 18.9 Å². The predicted molar refractivity (Wildman–Crippen MR) is 80.3 cm³/mol. The van der Waals surface area contributed by atoms with Crippen LogP contribution in [0.2, 0.25) is 5.02 Å². The molecule has 0 aliphatic rings. The third-order valence-electron chi connectivity index (χ3n) is 2.88. The summed E-state index contributed by atoms with van der Waals surface area (Å²) in [6, 6.07) is 7.63. The zero-order valence-corrected chi connectivity index (χ0v) is 13.3. The number of sulfonamides is 1. The Morgan fingerprint density at radius 2 is 1.83 bits per heavy atom. The molecule has 0 atom stereocenters. The van der Waals surface area contributed by atoms with E-state index in [2.05, 4.69) is 4.72 Å². The summed E-state index contributed by atoms with van der Waals surface area (Å²) in [6.45, 7) is 0. The minimum absolute atomic E-state index is 0.0689. The Morgan fingerprint density at radius 3 is 2.39 bits per heavy atom. The molecule has 1 N–H and O–H groups in total. The van der Waals surface area contributed by atoms with Crippen molar-refractivity contribution in [1.82, 2.24) is 0 Å². The van der Waals surface area contributed by atoms with E-state index in [1.54, 1.807) is 0 Å². The van der Waals surface area contributed by atoms with Crippen molar-refractivity contribution in [2.24, 2.45) is 0 Å². The van der Waals surface area contributed by atoms with Crippen molar-refractivity contribution in [2.75, 3.05) is 11.8 Å². The normalized spacial score (nSPS) is 12.0. The Labute approximate surface area is 135 Å². The quantitative estimate of drug-likeness (QED) is 0.884. The average molecular weight is 366 g/mol. The van der Waals surface area contributed by atoms with Gasteiger partial charge in [0.2, 0.25) is 0 Å². The molecule has 0 fully saturated rings. The van der Waals surface area contributed by atoms with E-state index in [9.17, 15) is 21.6 Å². The second-order valence-electron chi connectivity index (χ2n) is 4.48. The van der Waals surface area contributed by atoms with Gasteiger partial charge in [-0.3, -0.25) is 4.72 Å². The van der Waals surface area contributed by atoms with Gasteiger partial charge in [0.05, 0.1) is 22.6 Å². The second kappa shape index (κ2) is 6.29. The van der Waals surface area contributed by atoms with Crippen LogP contribution < -0.4 is 9.46 Å². The predicted octanol–water partition coefficient (Wildman–Crippen LogP) is 4.17. The van der Waals surface area contributed by atoms with Crippen molar-refractivity contribution in [3.05, 3.63) is 53.1 Å². The van der Waals surface area contributed by atoms with E-state index < -0.39 is 21.8 Å². The molecule has 9 heteroatoms. The Bertz CT molecular complexity index is 822. The fourth-order valence-corrected chi connectivity index (χ4v) is 3.19. The monoisotopic (exact) mass is 365 g/mol. The van der Waals surface area contributed by atoms with Gasteiger partial charge in [0.1, 0.15) is 5.75 Å². The highest BCUT2D eigenvalue weighted by Gasteiger charge is 2.30. The van der Waals surface area contributed by atoms with Crippen molar-refractivity contribution in [3.8, 4) is 5.75 Å². The Balaban J connectivity index is 2.33. The summed E-state index contributed by atoms with van der Waals surface area (Å²) in [5.41, 5.74) is -1.16. The summed E-state index contributed by atoms with van der Waals surface area (Å²) in [5, 5.41) is 0.0689. The van der Waals surface area contributed by atoms with Gasteiger partial charge in [0.25, 0.3) is 10.0 Å². The molecule has 124 valence electrons. The zero-order valence-electron chi connectivity index (χ0n) is 11.7. The molecule has 0 heterocycles. The van der Waals surface area contributed by atoms with Crippen molar-refractivity contribution in [3.63, 3.8) is 0 Å². The summed E-state index contributed by atoms with van der Waals surface area (Å²) in [4.78, 5) is -0.194. The number of alkyl halides is 3. The van der Waals surface area contributed by atoms with E-state index in [-0.39, 0.29) is 21.4 Å². The number of methoxy groups -OCH3 is 1. The number of hydrogen-bond acceptors (Lipinski definition) is 3. The van der Waals surface area contributed by atoms with Crippen LogP contribution in [0.3, 0.4) is 0 Å². The van der Waals surface area contributed by atoms with Gasteiger partial charge >= 0.3 is 6.18 Å². The standard InChI is InChI=1S/C14H11ClF3NO3S/c1-22-13-6-5-11(8-12(13)15)23(20,21)19-10-4-2-3-9(7-10)14(16,17)18/h2-8,19H,1H3. The number of halogens is 4. The first-order valence-electron chi connectivity index (χ1n) is 6.17. The lowest BCUT2D eigenvalue weighted by Gasteiger charge is -2.12. The van der Waals surface area contributed by atoms with Crippen LogP contribution in [0.25, 0.3) is 0 Å². The smallest absolute Gasteiger partial charge is 0.416 e. The molecule has 0 amide bonds. The van der Waals surface area contributed by atoms with Crippen molar-refractivity contribution >= 4 is 27.3 Å². The van der Waals surface area contributed by atoms with Crippen LogP contribution >= 0.6 is 11.6 Å². The Hall–Kier alpha value is -1.93. The van der Waals surface area contributed by atoms with E-state index in [1.165, 1.54) is 25.3 Å². The first kappa shape index (κ1) is 17.4. The van der Waals surface area contributed by atoms with Crippen LogP contribution in [0.5, 0.6) is 5.75 Å². The van der Waals surface area contributed by atoms with E-state index in [0.717, 1.165) is 18.2 Å². The van der Waals surface area contributed by atoms with Crippen LogP contribution in [0, 0.1) is 0 Å². The molecule has 0 saturated carbocycles. The van der Waals surface area contributed by atoms with Gasteiger partial charge in [-0.2, -0.15) is 13.2 Å². The number of ether oxygens (including phenoxy) is 1. The van der Waals surface area contributed by atoms with Crippen LogP contribution in [0.1, 0.15) is 5.56 Å². The highest BCUT2D eigenvalue weighted by atomic mass is 35.5. The Kier molecular flexibility index (Phi) is 4.76. The maximum absolute atomic E-state index is 12.7. The molecule has 2 aromatic carbocycles. The highest BCUT2D eigenvalue weighted by molar-refractivity contribution is 7.92. The number of benzene rings is 2. The summed E-state index contributed by atoms with van der Waals surface area (Å²) in [6.07, 6.45) is -4.56. The molecule has 4 nitrogen and oxygen atoms in total. The van der Waals surface area contributed by atoms with E-state index in [4.69, 9.17) is 16.3 Å². The number of anilines is 1. The lowest BCUT2D eigenvalue weighted by molar-refractivity contribution is -0.137. The lowest BCUT2D eigenvalue weighted by Crippen LogP contribution is -2.14. The minimum atomic E-state index is -4.56. The van der Waals surface area contributed by atoms with E-state index in [0.29, 0.717) is 6.07 Å². The van der Waals surface area contributed by atoms with E-state index >= 15 is 0 Å². The molecule has 0 saturated heterocycles. The van der Waals surface area contributed by atoms with Crippen LogP contribution in [0.15, 0.2) is 47.4 Å². The maximum atomic E-state index is 12.7. The molecular formula is C14H11ClF3NO3S. The largest absolute Gasteiger partial charge is 0.495 e. The fraction of sp³-hybridized carbons (Fsp3) is 0.143. The topological polar surface area (TPSA) is 55.4 Å². The first-order valence-corrected chi connectivity index (χ1v) is 8.03. The number of hydrogen-bond donors (Lipinski definition) is 1. The molecule has 0 aliphatic heterocycles. The fourth-order valence-electron chi connectivity index (χ4n) is 1.79. The van der Waals surface area contributed by atoms with Gasteiger partial charge in [0, 0.05) is 5.69 Å². The lowest BCUT2D eigenvalue weighted by atomic mass is 10.2. The van der Waals surface area contributed by atoms with Gasteiger partial charge < -0.3 is 4.74 Å². The third-order valence-corrected chi connectivity index (χ3v) is 4.55. The molecular weight excluding hydrogens is 355 g/mol. The molecule has 0 radical (unpaired) electrons. The second-order valence-corrected chi connectivity index (χ2v) is 6.57. The Morgan fingerprint density at radius 1 is 1.13 bits per heavy atom. The molecule has 2 aromatic rings.